The first-order valence-electron chi connectivity index (χ1n) is 16.4. The molecule has 0 aliphatic carbocycles. The van der Waals surface area contributed by atoms with Crippen LogP contribution in [-0.2, 0) is 18.9 Å². The second-order valence-electron chi connectivity index (χ2n) is 10.9. The van der Waals surface area contributed by atoms with Crippen LogP contribution in [-0.4, -0.2) is 110 Å². The van der Waals surface area contributed by atoms with Gasteiger partial charge in [0.1, 0.15) is 0 Å². The standard InChI is InChI=1S/C34H47IN8O6/c1-26(2)12-14-38-32-41-33(39-17-21-49-25-24-48-19-15-36-30(44)27-6-4-3-5-7-27)43-34(42-32)40-29-10-8-28(9-11-29)31(45)37-16-20-47-23-22-46-18-13-35/h4,6-11,26H,12-25H2,1-2H3,(H,36,44)(H,37,45)(H3,38,39,40,41,42,43). The van der Waals surface area contributed by atoms with Crippen LogP contribution in [0.25, 0.3) is 0 Å². The van der Waals surface area contributed by atoms with Gasteiger partial charge in [0.2, 0.25) is 17.8 Å². The highest BCUT2D eigenvalue weighted by atomic mass is 127. The number of ether oxygens (including phenoxy) is 4. The number of carbonyl (C=O) groups is 2. The van der Waals surface area contributed by atoms with Gasteiger partial charge in [0.25, 0.3) is 11.8 Å². The Bertz CT molecular complexity index is 1350. The molecular formula is C34H47IN8O6. The number of halogens is 1. The van der Waals surface area contributed by atoms with Gasteiger partial charge in [-0.25, -0.2) is 0 Å². The van der Waals surface area contributed by atoms with Gasteiger partial charge in [-0.2, -0.15) is 15.0 Å². The van der Waals surface area contributed by atoms with Crippen LogP contribution in [0.4, 0.5) is 23.5 Å². The minimum absolute atomic E-state index is 0.175. The molecule has 14 nitrogen and oxygen atoms in total. The van der Waals surface area contributed by atoms with Gasteiger partial charge < -0.3 is 45.5 Å². The molecule has 0 aliphatic rings. The molecule has 5 N–H and O–H groups in total. The zero-order valence-electron chi connectivity index (χ0n) is 28.2. The third-order valence-electron chi connectivity index (χ3n) is 6.52. The monoisotopic (exact) mass is 790 g/mol. The predicted octanol–water partition coefficient (Wildman–Crippen LogP) is 3.75. The van der Waals surface area contributed by atoms with Gasteiger partial charge in [0.05, 0.1) is 52.9 Å². The van der Waals surface area contributed by atoms with Crippen LogP contribution in [0.5, 0.6) is 0 Å². The van der Waals surface area contributed by atoms with E-state index in [1.165, 1.54) is 0 Å². The van der Waals surface area contributed by atoms with Gasteiger partial charge in [-0.05, 0) is 48.7 Å². The zero-order chi connectivity index (χ0) is 34.9. The molecule has 0 atom stereocenters. The Hall–Kier alpha value is -3.82. The van der Waals surface area contributed by atoms with Gasteiger partial charge in [-0.15, -0.1) is 0 Å². The molecule has 0 unspecified atom stereocenters. The third kappa shape index (κ3) is 17.4. The number of anilines is 4. The van der Waals surface area contributed by atoms with E-state index in [1.54, 1.807) is 42.5 Å². The molecule has 0 bridgehead atoms. The van der Waals surface area contributed by atoms with E-state index in [4.69, 9.17) is 18.9 Å². The summed E-state index contributed by atoms with van der Waals surface area (Å²) in [5, 5.41) is 15.3. The van der Waals surface area contributed by atoms with Crippen LogP contribution in [0, 0.1) is 18.1 Å². The Morgan fingerprint density at radius 3 is 1.80 bits per heavy atom. The first kappa shape index (κ1) is 39.6. The molecule has 49 heavy (non-hydrogen) atoms. The highest BCUT2D eigenvalue weighted by molar-refractivity contribution is 14.1. The van der Waals surface area contributed by atoms with Crippen molar-refractivity contribution in [1.82, 2.24) is 25.6 Å². The SMILES string of the molecule is CC(C)CCNc1nc(NCCOCCOCCNC(=O)c2cc#ccc2)nc(Nc2ccc(C(=O)NCCOCCOCCI)cc2)n1. The van der Waals surface area contributed by atoms with Crippen LogP contribution >= 0.6 is 22.6 Å². The molecule has 0 spiro atoms. The van der Waals surface area contributed by atoms with Crippen LogP contribution in [0.2, 0.25) is 0 Å². The number of benzene rings is 1. The second kappa shape index (κ2) is 24.3. The molecule has 3 aromatic rings. The van der Waals surface area contributed by atoms with Crippen LogP contribution < -0.4 is 26.6 Å². The molecule has 0 fully saturated rings. The zero-order valence-corrected chi connectivity index (χ0v) is 30.3. The maximum absolute atomic E-state index is 12.5. The van der Waals surface area contributed by atoms with Crippen molar-refractivity contribution in [2.45, 2.75) is 20.3 Å². The Morgan fingerprint density at radius 1 is 0.673 bits per heavy atom. The molecule has 2 amide bonds. The minimum Gasteiger partial charge on any atom is -0.378 e. The van der Waals surface area contributed by atoms with Gasteiger partial charge in [0, 0.05) is 53.5 Å². The summed E-state index contributed by atoms with van der Waals surface area (Å²) in [6.07, 6.45) is 0.965. The highest BCUT2D eigenvalue weighted by Crippen LogP contribution is 2.17. The van der Waals surface area contributed by atoms with E-state index in [1.807, 2.05) is 0 Å². The Morgan fingerprint density at radius 2 is 1.22 bits per heavy atom. The van der Waals surface area contributed by atoms with Crippen molar-refractivity contribution >= 4 is 57.9 Å². The maximum atomic E-state index is 12.5. The third-order valence-corrected chi connectivity index (χ3v) is 6.96. The first-order valence-corrected chi connectivity index (χ1v) is 17.9. The Labute approximate surface area is 302 Å². The average Bonchev–Trinajstić information content (AvgIpc) is 3.10. The van der Waals surface area contributed by atoms with Crippen molar-refractivity contribution < 1.29 is 28.5 Å². The average molecular weight is 791 g/mol. The smallest absolute Gasteiger partial charge is 0.252 e. The molecule has 3 rings (SSSR count). The largest absolute Gasteiger partial charge is 0.378 e. The number of hydrogen-bond donors (Lipinski definition) is 5. The van der Waals surface area contributed by atoms with Gasteiger partial charge in [0.15, 0.2) is 0 Å². The van der Waals surface area contributed by atoms with Crippen molar-refractivity contribution in [2.75, 3.05) is 99.4 Å². The fraction of sp³-hybridized carbons (Fsp3) is 0.500. The fourth-order valence-corrected chi connectivity index (χ4v) is 4.31. The number of rotatable bonds is 26. The van der Waals surface area contributed by atoms with Gasteiger partial charge in [-0.3, -0.25) is 9.59 Å². The quantitative estimate of drug-likeness (QED) is 0.0455. The second-order valence-corrected chi connectivity index (χ2v) is 12.0. The summed E-state index contributed by atoms with van der Waals surface area (Å²) < 4.78 is 23.0. The number of aromatic nitrogens is 3. The lowest BCUT2D eigenvalue weighted by Crippen LogP contribution is -2.27. The number of hydrogen-bond acceptors (Lipinski definition) is 12. The van der Waals surface area contributed by atoms with E-state index in [9.17, 15) is 9.59 Å². The molecule has 1 aromatic heterocycles. The van der Waals surface area contributed by atoms with Crippen LogP contribution in [0.1, 0.15) is 41.0 Å². The van der Waals surface area contributed by atoms with Crippen LogP contribution in [0.15, 0.2) is 42.5 Å². The molecule has 0 aliphatic heterocycles. The Kier molecular flexibility index (Phi) is 19.7. The van der Waals surface area contributed by atoms with Gasteiger partial charge >= 0.3 is 0 Å². The van der Waals surface area contributed by atoms with E-state index < -0.39 is 0 Å². The molecular weight excluding hydrogens is 743 g/mol. The lowest BCUT2D eigenvalue weighted by atomic mass is 10.1. The lowest BCUT2D eigenvalue weighted by Gasteiger charge is -2.12. The van der Waals surface area contributed by atoms with Crippen molar-refractivity contribution in [1.29, 1.82) is 0 Å². The summed E-state index contributed by atoms with van der Waals surface area (Å²) in [6, 6.07) is 17.5. The highest BCUT2D eigenvalue weighted by Gasteiger charge is 2.10. The lowest BCUT2D eigenvalue weighted by molar-refractivity contribution is 0.0519. The van der Waals surface area contributed by atoms with E-state index in [-0.39, 0.29) is 11.8 Å². The normalized spacial score (nSPS) is 10.8. The van der Waals surface area contributed by atoms with E-state index >= 15 is 0 Å². The van der Waals surface area contributed by atoms with Crippen molar-refractivity contribution in [3.05, 3.63) is 65.7 Å². The summed E-state index contributed by atoms with van der Waals surface area (Å²) in [6.45, 7) is 10.1. The van der Waals surface area contributed by atoms with Crippen molar-refractivity contribution in [2.24, 2.45) is 5.92 Å². The molecule has 2 aromatic carbocycles. The van der Waals surface area contributed by atoms with Crippen molar-refractivity contribution in [3.8, 4) is 0 Å². The fourth-order valence-electron chi connectivity index (χ4n) is 4.00. The molecule has 0 radical (unpaired) electrons. The Balaban J connectivity index is 1.39. The van der Waals surface area contributed by atoms with Gasteiger partial charge in [-0.1, -0.05) is 48.6 Å². The summed E-state index contributed by atoms with van der Waals surface area (Å²) in [5.74, 6) is 1.37. The number of amides is 2. The number of nitrogens with one attached hydrogen (secondary N) is 5. The van der Waals surface area contributed by atoms with E-state index in [2.05, 4.69) is 90.1 Å². The molecule has 15 heteroatoms. The molecule has 0 saturated heterocycles. The summed E-state index contributed by atoms with van der Waals surface area (Å²) in [7, 11) is 0. The summed E-state index contributed by atoms with van der Waals surface area (Å²) in [4.78, 5) is 38.1. The van der Waals surface area contributed by atoms with E-state index in [0.717, 1.165) is 23.1 Å². The number of alkyl halides is 1. The summed E-state index contributed by atoms with van der Waals surface area (Å²) in [5.41, 5.74) is 1.78. The number of nitrogens with zero attached hydrogens (tertiary/aromatic N) is 3. The van der Waals surface area contributed by atoms with Crippen molar-refractivity contribution in [3.63, 3.8) is 0 Å². The topological polar surface area (TPSA) is 170 Å². The minimum atomic E-state index is -0.182. The predicted molar refractivity (Wildman–Crippen MR) is 197 cm³/mol. The summed E-state index contributed by atoms with van der Waals surface area (Å²) >= 11 is 2.26. The molecule has 0 saturated carbocycles. The first-order chi connectivity index (χ1) is 23.9. The maximum Gasteiger partial charge on any atom is 0.252 e. The number of carbonyl (C=O) groups excluding carboxylic acids is 2. The molecule has 1 heterocycles. The molecule has 266 valence electrons. The van der Waals surface area contributed by atoms with E-state index in [0.29, 0.717) is 107 Å². The van der Waals surface area contributed by atoms with Crippen LogP contribution in [0.3, 0.4) is 0 Å².